The van der Waals surface area contributed by atoms with Crippen molar-refractivity contribution in [2.24, 2.45) is 5.41 Å². The van der Waals surface area contributed by atoms with Crippen LogP contribution in [0.2, 0.25) is 10.0 Å². The summed E-state index contributed by atoms with van der Waals surface area (Å²) in [6.07, 6.45) is 8.21. The Morgan fingerprint density at radius 1 is 1.05 bits per heavy atom. The lowest BCUT2D eigenvalue weighted by atomic mass is 9.69. The fraction of sp³-hybridized carbons (Fsp3) is 0.438. The molecule has 6 rings (SSSR count). The molecule has 2 fully saturated rings. The zero-order valence-electron chi connectivity index (χ0n) is 24.7. The second-order valence-electron chi connectivity index (χ2n) is 12.9. The van der Waals surface area contributed by atoms with Gasteiger partial charge in [-0.05, 0) is 60.9 Å². The van der Waals surface area contributed by atoms with Gasteiger partial charge in [0.1, 0.15) is 19.6 Å². The van der Waals surface area contributed by atoms with E-state index in [0.717, 1.165) is 42.9 Å². The van der Waals surface area contributed by atoms with Gasteiger partial charge in [0.15, 0.2) is 0 Å². The Hall–Kier alpha value is -3.32. The number of nitrogens with one attached hydrogen (secondary N) is 2. The molecule has 1 saturated carbocycles. The molecule has 1 unspecified atom stereocenters. The first kappa shape index (κ1) is 29.7. The molecule has 1 aliphatic carbocycles. The number of pyridine rings is 1. The fourth-order valence-electron chi connectivity index (χ4n) is 5.78. The van der Waals surface area contributed by atoms with Crippen LogP contribution in [0.15, 0.2) is 48.8 Å². The van der Waals surface area contributed by atoms with Gasteiger partial charge < -0.3 is 15.5 Å². The molecule has 2 aromatic heterocycles. The van der Waals surface area contributed by atoms with Crippen molar-refractivity contribution in [2.75, 3.05) is 30.3 Å². The van der Waals surface area contributed by atoms with Crippen LogP contribution >= 0.6 is 23.2 Å². The summed E-state index contributed by atoms with van der Waals surface area (Å²) in [5, 5.41) is 27.8. The zero-order chi connectivity index (χ0) is 30.4. The van der Waals surface area contributed by atoms with E-state index in [2.05, 4.69) is 57.7 Å². The van der Waals surface area contributed by atoms with Crippen LogP contribution in [0.1, 0.15) is 69.3 Å². The van der Waals surface area contributed by atoms with Crippen molar-refractivity contribution < 1.29 is 0 Å². The maximum atomic E-state index is 9.88. The number of rotatable bonds is 8. The largest absolute Gasteiger partial charge is 0.383 e. The van der Waals surface area contributed by atoms with Crippen molar-refractivity contribution in [1.29, 1.82) is 5.26 Å². The van der Waals surface area contributed by atoms with E-state index in [4.69, 9.17) is 31.0 Å². The number of anilines is 2. The van der Waals surface area contributed by atoms with Gasteiger partial charge in [0.2, 0.25) is 0 Å². The number of halogens is 2. The third-order valence-electron chi connectivity index (χ3n) is 8.33. The molecule has 11 heteroatoms. The monoisotopic (exact) mass is 612 g/mol. The standard InChI is InChI=1S/C32H35BCl2N8/c1-31(2,3)19-38-29-20(16-36)17-37-30-26(29)14-23(15-27(30)35)39-32(33,21-4-6-22(34)7-5-21)28-18-43(41-40-28)25-10-12-42(13-11-25)24-8-9-24/h4-7,14-15,17-18,24-25,39H,8-13,19H2,1-3H3,(H,37,38). The van der Waals surface area contributed by atoms with Crippen LogP contribution in [-0.2, 0) is 5.44 Å². The minimum Gasteiger partial charge on any atom is -0.383 e. The number of hydrogen-bond acceptors (Lipinski definition) is 7. The van der Waals surface area contributed by atoms with Gasteiger partial charge in [-0.15, -0.1) is 5.10 Å². The van der Waals surface area contributed by atoms with E-state index in [0.29, 0.717) is 44.7 Å². The number of nitriles is 1. The molecule has 2 aliphatic rings. The molecule has 4 aromatic rings. The lowest BCUT2D eigenvalue weighted by Crippen LogP contribution is -2.38. The predicted octanol–water partition coefficient (Wildman–Crippen LogP) is 6.74. The maximum Gasteiger partial charge on any atom is 0.119 e. The summed E-state index contributed by atoms with van der Waals surface area (Å²) in [4.78, 5) is 7.09. The van der Waals surface area contributed by atoms with Gasteiger partial charge in [-0.25, -0.2) is 4.68 Å². The van der Waals surface area contributed by atoms with Gasteiger partial charge in [0.25, 0.3) is 0 Å². The van der Waals surface area contributed by atoms with Crippen LogP contribution in [0.5, 0.6) is 0 Å². The van der Waals surface area contributed by atoms with Crippen molar-refractivity contribution in [3.8, 4) is 6.07 Å². The highest BCUT2D eigenvalue weighted by molar-refractivity contribution is 6.36. The highest BCUT2D eigenvalue weighted by atomic mass is 35.5. The predicted molar refractivity (Wildman–Crippen MR) is 174 cm³/mol. The Bertz CT molecular complexity index is 1660. The van der Waals surface area contributed by atoms with Crippen molar-refractivity contribution in [3.05, 3.63) is 75.7 Å². The van der Waals surface area contributed by atoms with Crippen LogP contribution < -0.4 is 10.6 Å². The first-order valence-corrected chi connectivity index (χ1v) is 15.6. The molecule has 2 radical (unpaired) electrons. The van der Waals surface area contributed by atoms with Gasteiger partial charge >= 0.3 is 0 Å². The summed E-state index contributed by atoms with van der Waals surface area (Å²) in [6.45, 7) is 9.21. The van der Waals surface area contributed by atoms with E-state index < -0.39 is 5.44 Å². The third-order valence-corrected chi connectivity index (χ3v) is 8.87. The van der Waals surface area contributed by atoms with Gasteiger partial charge in [0, 0.05) is 48.0 Å². The lowest BCUT2D eigenvalue weighted by Gasteiger charge is -2.33. The molecule has 1 aliphatic heterocycles. The SMILES string of the molecule is [B]C(Nc1cc(Cl)c2ncc(C#N)c(NCC(C)(C)C)c2c1)(c1ccc(Cl)cc1)c1cn(C2CCN(C3CC3)CC2)nn1. The van der Waals surface area contributed by atoms with Crippen LogP contribution in [0.4, 0.5) is 11.4 Å². The Labute approximate surface area is 264 Å². The quantitative estimate of drug-likeness (QED) is 0.213. The second kappa shape index (κ2) is 11.6. The van der Waals surface area contributed by atoms with Crippen molar-refractivity contribution in [3.63, 3.8) is 0 Å². The number of likely N-dealkylation sites (tertiary alicyclic amines) is 1. The van der Waals surface area contributed by atoms with Crippen molar-refractivity contribution >= 4 is 53.3 Å². The second-order valence-corrected chi connectivity index (χ2v) is 13.8. The number of fused-ring (bicyclic) bond motifs is 1. The topological polar surface area (TPSA) is 94.7 Å². The Kier molecular flexibility index (Phi) is 8.06. The molecule has 0 bridgehead atoms. The molecule has 1 atom stereocenters. The molecule has 1 saturated heterocycles. The third kappa shape index (κ3) is 6.33. The van der Waals surface area contributed by atoms with Crippen molar-refractivity contribution in [2.45, 2.75) is 64.0 Å². The normalized spacial score (nSPS) is 17.9. The number of nitrogens with zero attached hydrogens (tertiary/aromatic N) is 6. The molecule has 0 amide bonds. The van der Waals surface area contributed by atoms with Crippen LogP contribution in [0.3, 0.4) is 0 Å². The summed E-state index contributed by atoms with van der Waals surface area (Å²) in [5.41, 5.74) is 2.45. The maximum absolute atomic E-state index is 9.88. The number of aromatic nitrogens is 4. The van der Waals surface area contributed by atoms with Gasteiger partial charge in [-0.3, -0.25) is 4.98 Å². The minimum absolute atomic E-state index is 0.0106. The Morgan fingerprint density at radius 3 is 2.42 bits per heavy atom. The Balaban J connectivity index is 1.37. The fourth-order valence-corrected chi connectivity index (χ4v) is 6.17. The summed E-state index contributed by atoms with van der Waals surface area (Å²) in [6, 6.07) is 14.4. The van der Waals surface area contributed by atoms with E-state index in [1.165, 1.54) is 12.8 Å². The molecule has 2 N–H and O–H groups in total. The average molecular weight is 613 g/mol. The van der Waals surface area contributed by atoms with E-state index in [9.17, 15) is 5.26 Å². The number of benzene rings is 2. The molecule has 8 nitrogen and oxygen atoms in total. The van der Waals surface area contributed by atoms with E-state index >= 15 is 0 Å². The highest BCUT2D eigenvalue weighted by Crippen LogP contribution is 2.38. The zero-order valence-corrected chi connectivity index (χ0v) is 26.3. The lowest BCUT2D eigenvalue weighted by molar-refractivity contribution is 0.171. The molecule has 43 heavy (non-hydrogen) atoms. The molecule has 3 heterocycles. The first-order valence-electron chi connectivity index (χ1n) is 14.8. The van der Waals surface area contributed by atoms with Gasteiger partial charge in [-0.2, -0.15) is 5.26 Å². The van der Waals surface area contributed by atoms with E-state index in [1.807, 2.05) is 41.2 Å². The van der Waals surface area contributed by atoms with Crippen LogP contribution in [0, 0.1) is 16.7 Å². The molecule has 2 aromatic carbocycles. The molecule has 220 valence electrons. The van der Waals surface area contributed by atoms with Crippen LogP contribution in [0.25, 0.3) is 10.9 Å². The van der Waals surface area contributed by atoms with Crippen molar-refractivity contribution in [1.82, 2.24) is 24.9 Å². The average Bonchev–Trinajstić information content (AvgIpc) is 3.71. The molecular weight excluding hydrogens is 578 g/mol. The Morgan fingerprint density at radius 2 is 1.77 bits per heavy atom. The van der Waals surface area contributed by atoms with E-state index in [1.54, 1.807) is 12.3 Å². The van der Waals surface area contributed by atoms with E-state index in [-0.39, 0.29) is 11.5 Å². The molecule has 0 spiro atoms. The van der Waals surface area contributed by atoms with Gasteiger partial charge in [0.05, 0.1) is 39.5 Å². The summed E-state index contributed by atoms with van der Waals surface area (Å²) in [7, 11) is 7.23. The summed E-state index contributed by atoms with van der Waals surface area (Å²) in [5.74, 6) is 0. The number of piperidine rings is 1. The highest BCUT2D eigenvalue weighted by Gasteiger charge is 2.35. The van der Waals surface area contributed by atoms with Gasteiger partial charge in [-0.1, -0.05) is 61.3 Å². The number of hydrogen-bond donors (Lipinski definition) is 2. The summed E-state index contributed by atoms with van der Waals surface area (Å²) < 4.78 is 1.96. The summed E-state index contributed by atoms with van der Waals surface area (Å²) >= 11 is 13.0. The first-order chi connectivity index (χ1) is 20.5. The smallest absolute Gasteiger partial charge is 0.119 e. The minimum atomic E-state index is -1.26. The van der Waals surface area contributed by atoms with Crippen LogP contribution in [-0.4, -0.2) is 58.4 Å². The molecular formula is C32H35BCl2N8.